The van der Waals surface area contributed by atoms with Gasteiger partial charge in [0.2, 0.25) is 0 Å². The maximum atomic E-state index is 12.9. The minimum Gasteiger partial charge on any atom is -0.478 e. The number of benzene rings is 2. The first kappa shape index (κ1) is 19.8. The van der Waals surface area contributed by atoms with Crippen LogP contribution in [0.3, 0.4) is 0 Å². The summed E-state index contributed by atoms with van der Waals surface area (Å²) >= 11 is 0. The summed E-state index contributed by atoms with van der Waals surface area (Å²) in [4.78, 5) is 10.9. The second-order valence-corrected chi connectivity index (χ2v) is 7.36. The standard InChI is InChI=1S/C17H16F3NO4S/c1-3-21(13-6-4-5-12(9-13)17(18,19)20)26(24,25)14-8-7-11(2)15(10-14)16(22)23/h4-10H,3H2,1-2H3,(H,22,23). The summed E-state index contributed by atoms with van der Waals surface area (Å²) < 4.78 is 65.3. The molecule has 1 N–H and O–H groups in total. The summed E-state index contributed by atoms with van der Waals surface area (Å²) in [7, 11) is -4.24. The number of halogens is 3. The monoisotopic (exact) mass is 387 g/mol. The molecule has 0 heterocycles. The number of sulfonamides is 1. The minimum absolute atomic E-state index is 0.125. The van der Waals surface area contributed by atoms with Gasteiger partial charge < -0.3 is 5.11 Å². The molecule has 0 spiro atoms. The van der Waals surface area contributed by atoms with Gasteiger partial charge in [0.1, 0.15) is 0 Å². The lowest BCUT2D eigenvalue weighted by molar-refractivity contribution is -0.137. The number of carbonyl (C=O) groups is 1. The van der Waals surface area contributed by atoms with E-state index in [1.807, 2.05) is 0 Å². The van der Waals surface area contributed by atoms with E-state index >= 15 is 0 Å². The Kier molecular flexibility index (Phi) is 5.31. The molecule has 2 rings (SSSR count). The van der Waals surface area contributed by atoms with Crippen molar-refractivity contribution in [1.29, 1.82) is 0 Å². The molecule has 9 heteroatoms. The molecule has 2 aromatic carbocycles. The van der Waals surface area contributed by atoms with Crippen LogP contribution in [0, 0.1) is 6.92 Å². The second-order valence-electron chi connectivity index (χ2n) is 5.50. The zero-order chi connectivity index (χ0) is 19.7. The van der Waals surface area contributed by atoms with E-state index in [2.05, 4.69) is 0 Å². The number of carboxylic acids is 1. The summed E-state index contributed by atoms with van der Waals surface area (Å²) in [5, 5.41) is 9.16. The van der Waals surface area contributed by atoms with Crippen molar-refractivity contribution in [1.82, 2.24) is 0 Å². The van der Waals surface area contributed by atoms with Crippen LogP contribution < -0.4 is 4.31 Å². The Hall–Kier alpha value is -2.55. The third-order valence-electron chi connectivity index (χ3n) is 3.78. The number of carboxylic acid groups (broad SMARTS) is 1. The van der Waals surface area contributed by atoms with Crippen LogP contribution in [0.2, 0.25) is 0 Å². The van der Waals surface area contributed by atoms with Gasteiger partial charge in [0, 0.05) is 6.54 Å². The van der Waals surface area contributed by atoms with Crippen molar-refractivity contribution in [2.75, 3.05) is 10.8 Å². The predicted molar refractivity (Wildman–Crippen MR) is 89.8 cm³/mol. The van der Waals surface area contributed by atoms with Crippen LogP contribution in [0.25, 0.3) is 0 Å². The van der Waals surface area contributed by atoms with Crippen molar-refractivity contribution in [2.45, 2.75) is 24.9 Å². The van der Waals surface area contributed by atoms with Crippen LogP contribution in [0.5, 0.6) is 0 Å². The fourth-order valence-corrected chi connectivity index (χ4v) is 3.94. The summed E-state index contributed by atoms with van der Waals surface area (Å²) in [6.45, 7) is 2.87. The molecule has 140 valence electrons. The van der Waals surface area contributed by atoms with E-state index in [4.69, 9.17) is 5.11 Å². The molecule has 0 amide bonds. The number of alkyl halides is 3. The zero-order valence-corrected chi connectivity index (χ0v) is 14.7. The third kappa shape index (κ3) is 3.82. The summed E-state index contributed by atoms with van der Waals surface area (Å²) in [5.41, 5.74) is -0.941. The van der Waals surface area contributed by atoms with Crippen molar-refractivity contribution >= 4 is 21.7 Å². The molecule has 0 aliphatic carbocycles. The lowest BCUT2D eigenvalue weighted by Gasteiger charge is -2.24. The van der Waals surface area contributed by atoms with E-state index in [9.17, 15) is 26.4 Å². The highest BCUT2D eigenvalue weighted by Gasteiger charge is 2.32. The van der Waals surface area contributed by atoms with Gasteiger partial charge in [0.05, 0.1) is 21.7 Å². The van der Waals surface area contributed by atoms with Gasteiger partial charge in [-0.3, -0.25) is 4.31 Å². The molecule has 0 aliphatic rings. The number of hydrogen-bond donors (Lipinski definition) is 1. The lowest BCUT2D eigenvalue weighted by Crippen LogP contribution is -2.31. The Morgan fingerprint density at radius 1 is 1.15 bits per heavy atom. The van der Waals surface area contributed by atoms with Gasteiger partial charge in [0.15, 0.2) is 0 Å². The highest BCUT2D eigenvalue weighted by Crippen LogP contribution is 2.33. The first-order chi connectivity index (χ1) is 12.0. The summed E-state index contributed by atoms with van der Waals surface area (Å²) in [5.74, 6) is -1.29. The van der Waals surface area contributed by atoms with Crippen molar-refractivity contribution in [3.63, 3.8) is 0 Å². The van der Waals surface area contributed by atoms with Gasteiger partial charge in [-0.15, -0.1) is 0 Å². The fraction of sp³-hybridized carbons (Fsp3) is 0.235. The van der Waals surface area contributed by atoms with Crippen LogP contribution >= 0.6 is 0 Å². The Morgan fingerprint density at radius 2 is 1.81 bits per heavy atom. The zero-order valence-electron chi connectivity index (χ0n) is 13.9. The maximum absolute atomic E-state index is 12.9. The molecule has 5 nitrogen and oxygen atoms in total. The molecule has 0 radical (unpaired) electrons. The van der Waals surface area contributed by atoms with Gasteiger partial charge in [-0.05, 0) is 49.7 Å². The Bertz CT molecular complexity index is 939. The molecule has 0 saturated heterocycles. The average molecular weight is 387 g/mol. The largest absolute Gasteiger partial charge is 0.478 e. The SMILES string of the molecule is CCN(c1cccc(C(F)(F)F)c1)S(=O)(=O)c1ccc(C)c(C(=O)O)c1. The summed E-state index contributed by atoms with van der Waals surface area (Å²) in [6.07, 6.45) is -4.61. The van der Waals surface area contributed by atoms with E-state index < -0.39 is 27.7 Å². The smallest absolute Gasteiger partial charge is 0.416 e. The fourth-order valence-electron chi connectivity index (χ4n) is 2.45. The van der Waals surface area contributed by atoms with Crippen molar-refractivity contribution < 1.29 is 31.5 Å². The number of aryl methyl sites for hydroxylation is 1. The molecule has 2 aromatic rings. The van der Waals surface area contributed by atoms with E-state index in [1.54, 1.807) is 0 Å². The quantitative estimate of drug-likeness (QED) is 0.844. The van der Waals surface area contributed by atoms with Gasteiger partial charge in [-0.2, -0.15) is 13.2 Å². The first-order valence-electron chi connectivity index (χ1n) is 7.52. The molecule has 0 saturated carbocycles. The average Bonchev–Trinajstić information content (AvgIpc) is 2.54. The number of rotatable bonds is 5. The maximum Gasteiger partial charge on any atom is 0.416 e. The minimum atomic E-state index is -4.61. The highest BCUT2D eigenvalue weighted by molar-refractivity contribution is 7.92. The normalized spacial score (nSPS) is 12.0. The third-order valence-corrected chi connectivity index (χ3v) is 5.68. The van der Waals surface area contributed by atoms with Gasteiger partial charge in [-0.1, -0.05) is 12.1 Å². The number of nitrogens with zero attached hydrogens (tertiary/aromatic N) is 1. The van der Waals surface area contributed by atoms with Crippen LogP contribution in [0.4, 0.5) is 18.9 Å². The molecule has 0 atom stereocenters. The van der Waals surface area contributed by atoms with E-state index in [-0.39, 0.29) is 22.7 Å². The lowest BCUT2D eigenvalue weighted by atomic mass is 10.1. The molecular formula is C17H16F3NO4S. The van der Waals surface area contributed by atoms with Crippen LogP contribution in [0.1, 0.15) is 28.4 Å². The van der Waals surface area contributed by atoms with Crippen molar-refractivity contribution in [2.24, 2.45) is 0 Å². The van der Waals surface area contributed by atoms with E-state index in [0.29, 0.717) is 5.56 Å². The highest BCUT2D eigenvalue weighted by atomic mass is 32.2. The predicted octanol–water partition coefficient (Wildman–Crippen LogP) is 3.93. The number of hydrogen-bond acceptors (Lipinski definition) is 3. The molecular weight excluding hydrogens is 371 g/mol. The molecule has 0 aromatic heterocycles. The Morgan fingerprint density at radius 3 is 2.35 bits per heavy atom. The van der Waals surface area contributed by atoms with E-state index in [1.165, 1.54) is 32.0 Å². The number of aromatic carboxylic acids is 1. The molecule has 0 aliphatic heterocycles. The Labute approximate surface area is 148 Å². The van der Waals surface area contributed by atoms with Gasteiger partial charge in [0.25, 0.3) is 10.0 Å². The van der Waals surface area contributed by atoms with Gasteiger partial charge in [-0.25, -0.2) is 13.2 Å². The topological polar surface area (TPSA) is 74.7 Å². The Balaban J connectivity index is 2.56. The van der Waals surface area contributed by atoms with Crippen LogP contribution in [0.15, 0.2) is 47.4 Å². The van der Waals surface area contributed by atoms with Crippen LogP contribution in [-0.4, -0.2) is 26.0 Å². The van der Waals surface area contributed by atoms with E-state index in [0.717, 1.165) is 28.6 Å². The second kappa shape index (κ2) is 6.99. The number of anilines is 1. The van der Waals surface area contributed by atoms with Crippen LogP contribution in [-0.2, 0) is 16.2 Å². The summed E-state index contributed by atoms with van der Waals surface area (Å²) in [6, 6.07) is 7.54. The molecule has 0 fully saturated rings. The van der Waals surface area contributed by atoms with Crippen molar-refractivity contribution in [3.05, 3.63) is 59.2 Å². The van der Waals surface area contributed by atoms with Gasteiger partial charge >= 0.3 is 12.1 Å². The van der Waals surface area contributed by atoms with Crippen molar-refractivity contribution in [3.8, 4) is 0 Å². The molecule has 0 unspecified atom stereocenters. The molecule has 0 bridgehead atoms. The first-order valence-corrected chi connectivity index (χ1v) is 8.96. The molecule has 26 heavy (non-hydrogen) atoms.